The highest BCUT2D eigenvalue weighted by atomic mass is 35.5. The van der Waals surface area contributed by atoms with E-state index < -0.39 is 0 Å². The minimum Gasteiger partial charge on any atom is -0.387 e. The molecule has 1 aliphatic carbocycles. The van der Waals surface area contributed by atoms with Gasteiger partial charge in [-0.3, -0.25) is 4.98 Å². The first-order valence-corrected chi connectivity index (χ1v) is 7.06. The highest BCUT2D eigenvalue weighted by Gasteiger charge is 2.18. The van der Waals surface area contributed by atoms with Crippen LogP contribution in [-0.4, -0.2) is 12.0 Å². The Morgan fingerprint density at radius 2 is 2.00 bits per heavy atom. The van der Waals surface area contributed by atoms with E-state index in [1.165, 1.54) is 24.1 Å². The first-order valence-electron chi connectivity index (χ1n) is 6.69. The number of hydrogen-bond donors (Lipinski definition) is 1. The molecule has 2 aromatic rings. The Morgan fingerprint density at radius 3 is 2.79 bits per heavy atom. The van der Waals surface area contributed by atoms with Crippen molar-refractivity contribution in [3.05, 3.63) is 34.2 Å². The predicted molar refractivity (Wildman–Crippen MR) is 77.5 cm³/mol. The number of hydrogen-bond acceptors (Lipinski definition) is 2. The summed E-state index contributed by atoms with van der Waals surface area (Å²) in [4.78, 5) is 4.69. The van der Waals surface area contributed by atoms with Crippen LogP contribution in [0.5, 0.6) is 0 Å². The largest absolute Gasteiger partial charge is 0.387 e. The van der Waals surface area contributed by atoms with E-state index in [1.807, 2.05) is 7.05 Å². The lowest BCUT2D eigenvalue weighted by atomic mass is 10.0. The van der Waals surface area contributed by atoms with E-state index in [2.05, 4.69) is 10.3 Å². The van der Waals surface area contributed by atoms with Crippen molar-refractivity contribution in [1.29, 1.82) is 0 Å². The normalized spacial score (nSPS) is 15.1. The summed E-state index contributed by atoms with van der Waals surface area (Å²) in [5.74, 6) is -0.315. The van der Waals surface area contributed by atoms with Crippen molar-refractivity contribution in [1.82, 2.24) is 4.98 Å². The lowest BCUT2D eigenvalue weighted by Gasteiger charge is -2.15. The lowest BCUT2D eigenvalue weighted by Crippen LogP contribution is -2.04. The van der Waals surface area contributed by atoms with Crippen LogP contribution in [0.3, 0.4) is 0 Å². The van der Waals surface area contributed by atoms with Gasteiger partial charge >= 0.3 is 0 Å². The van der Waals surface area contributed by atoms with Gasteiger partial charge in [-0.15, -0.1) is 0 Å². The zero-order chi connectivity index (χ0) is 13.4. The van der Waals surface area contributed by atoms with Gasteiger partial charge in [-0.05, 0) is 43.4 Å². The predicted octanol–water partition coefficient (Wildman–Crippen LogP) is 4.34. The number of rotatable bonds is 1. The van der Waals surface area contributed by atoms with E-state index in [0.29, 0.717) is 10.5 Å². The summed E-state index contributed by atoms with van der Waals surface area (Å²) in [6.07, 6.45) is 5.53. The van der Waals surface area contributed by atoms with Gasteiger partial charge in [-0.25, -0.2) is 4.39 Å². The van der Waals surface area contributed by atoms with Crippen molar-refractivity contribution >= 4 is 28.2 Å². The molecule has 0 atom stereocenters. The van der Waals surface area contributed by atoms with Gasteiger partial charge in [0.05, 0.1) is 10.5 Å². The van der Waals surface area contributed by atoms with E-state index in [1.54, 1.807) is 0 Å². The third-order valence-corrected chi connectivity index (χ3v) is 4.07. The van der Waals surface area contributed by atoms with Crippen LogP contribution in [0.4, 0.5) is 10.1 Å². The van der Waals surface area contributed by atoms with Crippen molar-refractivity contribution in [2.24, 2.45) is 0 Å². The SMILES string of the molecule is CNc1c2c(nc3c(Cl)cc(F)cc13)CCCCC2. The molecule has 0 radical (unpaired) electrons. The number of benzene rings is 1. The van der Waals surface area contributed by atoms with Gasteiger partial charge in [-0.2, -0.15) is 0 Å². The number of halogens is 2. The van der Waals surface area contributed by atoms with Crippen molar-refractivity contribution in [3.63, 3.8) is 0 Å². The average Bonchev–Trinajstić information content (AvgIpc) is 2.61. The number of nitrogens with one attached hydrogen (secondary N) is 1. The Labute approximate surface area is 117 Å². The molecule has 3 rings (SSSR count). The Kier molecular flexibility index (Phi) is 3.31. The topological polar surface area (TPSA) is 24.9 Å². The van der Waals surface area contributed by atoms with Crippen LogP contribution in [-0.2, 0) is 12.8 Å². The third-order valence-electron chi connectivity index (χ3n) is 3.78. The maximum atomic E-state index is 13.6. The maximum absolute atomic E-state index is 13.6. The second kappa shape index (κ2) is 4.97. The summed E-state index contributed by atoms with van der Waals surface area (Å²) in [5.41, 5.74) is 4.04. The standard InChI is InChI=1S/C15H16ClFN2/c1-18-14-10-5-3-2-4-6-13(10)19-15-11(14)7-9(17)8-12(15)16/h7-8H,2-6H2,1H3,(H,18,19). The highest BCUT2D eigenvalue weighted by molar-refractivity contribution is 6.35. The molecule has 0 fully saturated rings. The second-order valence-electron chi connectivity index (χ2n) is 5.01. The number of aryl methyl sites for hydroxylation is 1. The molecule has 4 heteroatoms. The third kappa shape index (κ3) is 2.16. The molecule has 1 N–H and O–H groups in total. The van der Waals surface area contributed by atoms with E-state index in [4.69, 9.17) is 11.6 Å². The molecule has 0 aliphatic heterocycles. The van der Waals surface area contributed by atoms with E-state index in [-0.39, 0.29) is 5.82 Å². The summed E-state index contributed by atoms with van der Waals surface area (Å²) >= 11 is 6.14. The monoisotopic (exact) mass is 278 g/mol. The van der Waals surface area contributed by atoms with Gasteiger partial charge in [0, 0.05) is 23.8 Å². The van der Waals surface area contributed by atoms with E-state index >= 15 is 0 Å². The zero-order valence-corrected chi connectivity index (χ0v) is 11.6. The Balaban J connectivity index is 2.36. The molecule has 0 saturated heterocycles. The van der Waals surface area contributed by atoms with Crippen molar-refractivity contribution in [2.45, 2.75) is 32.1 Å². The maximum Gasteiger partial charge on any atom is 0.125 e. The van der Waals surface area contributed by atoms with Crippen LogP contribution in [0.15, 0.2) is 12.1 Å². The van der Waals surface area contributed by atoms with E-state index in [0.717, 1.165) is 42.5 Å². The van der Waals surface area contributed by atoms with Crippen LogP contribution in [0.25, 0.3) is 10.9 Å². The average molecular weight is 279 g/mol. The molecule has 1 aliphatic rings. The molecule has 0 saturated carbocycles. The number of anilines is 1. The number of nitrogens with zero attached hydrogens (tertiary/aromatic N) is 1. The van der Waals surface area contributed by atoms with Crippen LogP contribution in [0, 0.1) is 5.82 Å². The lowest BCUT2D eigenvalue weighted by molar-refractivity contribution is 0.629. The fourth-order valence-electron chi connectivity index (χ4n) is 2.91. The Bertz CT molecular complexity index is 640. The quantitative estimate of drug-likeness (QED) is 0.785. The molecule has 19 heavy (non-hydrogen) atoms. The number of aromatic nitrogens is 1. The first-order chi connectivity index (χ1) is 9.20. The highest BCUT2D eigenvalue weighted by Crippen LogP contribution is 2.35. The molecule has 1 aromatic carbocycles. The molecular formula is C15H16ClFN2. The molecule has 0 unspecified atom stereocenters. The fraction of sp³-hybridized carbons (Fsp3) is 0.400. The van der Waals surface area contributed by atoms with Crippen molar-refractivity contribution in [2.75, 3.05) is 12.4 Å². The van der Waals surface area contributed by atoms with Gasteiger partial charge in [0.15, 0.2) is 0 Å². The summed E-state index contributed by atoms with van der Waals surface area (Å²) in [7, 11) is 1.87. The van der Waals surface area contributed by atoms with Crippen LogP contribution >= 0.6 is 11.6 Å². The van der Waals surface area contributed by atoms with Gasteiger partial charge < -0.3 is 5.32 Å². The van der Waals surface area contributed by atoms with E-state index in [9.17, 15) is 4.39 Å². The molecule has 0 bridgehead atoms. The summed E-state index contributed by atoms with van der Waals surface area (Å²) < 4.78 is 13.6. The first kappa shape index (κ1) is 12.7. The van der Waals surface area contributed by atoms with Crippen LogP contribution in [0.2, 0.25) is 5.02 Å². The molecule has 1 aromatic heterocycles. The Morgan fingerprint density at radius 1 is 1.21 bits per heavy atom. The second-order valence-corrected chi connectivity index (χ2v) is 5.41. The number of fused-ring (bicyclic) bond motifs is 2. The molecule has 0 spiro atoms. The molecular weight excluding hydrogens is 263 g/mol. The van der Waals surface area contributed by atoms with Gasteiger partial charge in [0.1, 0.15) is 5.82 Å². The molecule has 100 valence electrons. The van der Waals surface area contributed by atoms with Crippen LogP contribution < -0.4 is 5.32 Å². The summed E-state index contributed by atoms with van der Waals surface area (Å²) in [5, 5.41) is 4.39. The molecule has 2 nitrogen and oxygen atoms in total. The van der Waals surface area contributed by atoms with Gasteiger partial charge in [0.25, 0.3) is 0 Å². The molecule has 1 heterocycles. The minimum absolute atomic E-state index is 0.315. The Hall–Kier alpha value is -1.35. The fourth-order valence-corrected chi connectivity index (χ4v) is 3.16. The van der Waals surface area contributed by atoms with Gasteiger partial charge in [-0.1, -0.05) is 18.0 Å². The summed E-state index contributed by atoms with van der Waals surface area (Å²) in [6, 6.07) is 2.85. The summed E-state index contributed by atoms with van der Waals surface area (Å²) in [6.45, 7) is 0. The van der Waals surface area contributed by atoms with Crippen molar-refractivity contribution in [3.8, 4) is 0 Å². The molecule has 0 amide bonds. The van der Waals surface area contributed by atoms with Gasteiger partial charge in [0.2, 0.25) is 0 Å². The zero-order valence-electron chi connectivity index (χ0n) is 10.9. The van der Waals surface area contributed by atoms with Crippen LogP contribution in [0.1, 0.15) is 30.5 Å². The van der Waals surface area contributed by atoms with Crippen molar-refractivity contribution < 1.29 is 4.39 Å². The minimum atomic E-state index is -0.315. The number of pyridine rings is 1. The smallest absolute Gasteiger partial charge is 0.125 e.